The van der Waals surface area contributed by atoms with E-state index >= 15 is 0 Å². The Kier molecular flexibility index (Phi) is 7.22. The van der Waals surface area contributed by atoms with Gasteiger partial charge in [-0.15, -0.1) is 11.3 Å². The van der Waals surface area contributed by atoms with Gasteiger partial charge in [0.05, 0.1) is 5.52 Å². The molecule has 0 saturated carbocycles. The molecule has 0 fully saturated rings. The first kappa shape index (κ1) is 32.2. The van der Waals surface area contributed by atoms with Gasteiger partial charge in [-0.1, -0.05) is 121 Å². The highest BCUT2D eigenvalue weighted by molar-refractivity contribution is 7.26. The van der Waals surface area contributed by atoms with Crippen LogP contribution in [0.5, 0.6) is 0 Å². The van der Waals surface area contributed by atoms with Gasteiger partial charge in [0.2, 0.25) is 0 Å². The molecule has 7 aromatic carbocycles. The van der Waals surface area contributed by atoms with E-state index in [4.69, 9.17) is 14.4 Å². The second kappa shape index (κ2) is 12.8. The van der Waals surface area contributed by atoms with Crippen LogP contribution in [0.25, 0.3) is 75.9 Å². The molecule has 0 bridgehead atoms. The molecular weight excluding hydrogens is 717 g/mol. The normalized spacial score (nSPS) is 15.3. The fraction of sp³-hybridized carbons (Fsp3) is 0.0588. The van der Waals surface area contributed by atoms with Crippen molar-refractivity contribution in [1.29, 1.82) is 0 Å². The second-order valence-electron chi connectivity index (χ2n) is 14.9. The number of fused-ring (bicyclic) bond motifs is 9. The number of allylic oxidation sites excluding steroid dienone is 1. The van der Waals surface area contributed by atoms with Crippen LogP contribution in [0.3, 0.4) is 0 Å². The van der Waals surface area contributed by atoms with Gasteiger partial charge < -0.3 is 14.3 Å². The molecule has 0 saturated heterocycles. The van der Waals surface area contributed by atoms with E-state index in [0.29, 0.717) is 0 Å². The maximum atomic E-state index is 6.89. The van der Waals surface area contributed by atoms with Crippen molar-refractivity contribution < 1.29 is 4.42 Å². The molecule has 1 unspecified atom stereocenters. The molecule has 0 amide bonds. The van der Waals surface area contributed by atoms with Crippen LogP contribution in [0.2, 0.25) is 0 Å². The Hall–Kier alpha value is -7.02. The van der Waals surface area contributed by atoms with Crippen LogP contribution in [0.1, 0.15) is 40.5 Å². The smallest absolute Gasteiger partial charge is 0.159 e. The van der Waals surface area contributed by atoms with Crippen LogP contribution in [0.15, 0.2) is 178 Å². The molecule has 1 N–H and O–H groups in total. The van der Waals surface area contributed by atoms with Crippen LogP contribution in [-0.2, 0) is 6.42 Å². The third-order valence-electron chi connectivity index (χ3n) is 11.5. The molecule has 5 nitrogen and oxygen atoms in total. The SMILES string of the molecule is C1=Cc2c(c3ccccc3n2-c2ccc3c(c2)oc2c(-c4cccc5c4sc4ccc(C6=NC(c7ccccc7)=NC(c7ccccc7)N6)cc45)cccc23)CC1. The molecule has 0 radical (unpaired) electrons. The number of aliphatic imine (C=N–C) groups is 2. The Morgan fingerprint density at radius 2 is 1.44 bits per heavy atom. The lowest BCUT2D eigenvalue weighted by atomic mass is 9.99. The number of para-hydroxylation sites is 2. The van der Waals surface area contributed by atoms with E-state index in [9.17, 15) is 0 Å². The van der Waals surface area contributed by atoms with Crippen LogP contribution >= 0.6 is 11.3 Å². The number of thiophene rings is 1. The average Bonchev–Trinajstić information content (AvgIpc) is 3.96. The zero-order valence-electron chi connectivity index (χ0n) is 30.8. The van der Waals surface area contributed by atoms with Gasteiger partial charge in [0.15, 0.2) is 5.84 Å². The van der Waals surface area contributed by atoms with Gasteiger partial charge in [-0.3, -0.25) is 0 Å². The maximum Gasteiger partial charge on any atom is 0.159 e. The number of amidine groups is 2. The van der Waals surface area contributed by atoms with Gasteiger partial charge in [-0.05, 0) is 66.4 Å². The van der Waals surface area contributed by atoms with Gasteiger partial charge in [0.1, 0.15) is 23.2 Å². The summed E-state index contributed by atoms with van der Waals surface area (Å²) in [4.78, 5) is 10.1. The molecule has 1 atom stereocenters. The third kappa shape index (κ3) is 5.14. The largest absolute Gasteiger partial charge is 0.455 e. The van der Waals surface area contributed by atoms with E-state index in [-0.39, 0.29) is 6.17 Å². The standard InChI is InChI=1S/C51H34N4OS/c1-3-13-31(14-4-1)49-52-50(32-15-5-2-6-16-32)54-51(53-49)33-25-28-46-42(29-33)41-22-12-21-40(48(41)57-46)39-20-11-19-38-37-27-26-34(30-45(37)56-47(38)39)55-43-23-9-7-17-35(43)36-18-8-10-24-44(36)55/h1-7,9-17,19-30,49H,8,18H2,(H,52,53,54). The number of aryl methyl sites for hydroxylation is 1. The summed E-state index contributed by atoms with van der Waals surface area (Å²) in [6.07, 6.45) is 6.46. The molecule has 1 aliphatic carbocycles. The molecule has 6 heteroatoms. The summed E-state index contributed by atoms with van der Waals surface area (Å²) in [5.74, 6) is 1.53. The molecule has 3 aromatic heterocycles. The maximum absolute atomic E-state index is 6.89. The summed E-state index contributed by atoms with van der Waals surface area (Å²) in [6.45, 7) is 0. The van der Waals surface area contributed by atoms with Crippen LogP contribution < -0.4 is 5.32 Å². The number of hydrogen-bond donors (Lipinski definition) is 1. The Morgan fingerprint density at radius 3 is 2.33 bits per heavy atom. The van der Waals surface area contributed by atoms with Crippen molar-refractivity contribution >= 4 is 82.1 Å². The quantitative estimate of drug-likeness (QED) is 0.190. The van der Waals surface area contributed by atoms with Gasteiger partial charge in [0, 0.05) is 76.0 Å². The minimum atomic E-state index is -0.249. The van der Waals surface area contributed by atoms with E-state index in [2.05, 4.69) is 155 Å². The fourth-order valence-electron chi connectivity index (χ4n) is 8.88. The van der Waals surface area contributed by atoms with E-state index in [1.54, 1.807) is 0 Å². The zero-order chi connectivity index (χ0) is 37.5. The predicted octanol–water partition coefficient (Wildman–Crippen LogP) is 13.0. The first-order valence-corrected chi connectivity index (χ1v) is 20.3. The van der Waals surface area contributed by atoms with Crippen LogP contribution in [-0.4, -0.2) is 16.2 Å². The number of furan rings is 1. The Labute approximate surface area is 332 Å². The number of hydrogen-bond acceptors (Lipinski definition) is 5. The fourth-order valence-corrected chi connectivity index (χ4v) is 10.1. The van der Waals surface area contributed by atoms with Crippen molar-refractivity contribution in [2.45, 2.75) is 19.0 Å². The Morgan fingerprint density at radius 1 is 0.649 bits per heavy atom. The summed E-state index contributed by atoms with van der Waals surface area (Å²) in [5, 5.41) is 9.65. The molecule has 10 aromatic rings. The molecule has 2 aliphatic rings. The lowest BCUT2D eigenvalue weighted by Gasteiger charge is -2.23. The number of rotatable bonds is 5. The highest BCUT2D eigenvalue weighted by atomic mass is 32.1. The number of aromatic nitrogens is 1. The minimum Gasteiger partial charge on any atom is -0.455 e. The third-order valence-corrected chi connectivity index (χ3v) is 12.8. The van der Waals surface area contributed by atoms with Crippen molar-refractivity contribution in [2.75, 3.05) is 0 Å². The lowest BCUT2D eigenvalue weighted by Crippen LogP contribution is -2.33. The van der Waals surface area contributed by atoms with Crippen molar-refractivity contribution in [3.05, 3.63) is 192 Å². The number of nitrogens with zero attached hydrogens (tertiary/aromatic N) is 3. The summed E-state index contributed by atoms with van der Waals surface area (Å²) >= 11 is 1.83. The summed E-state index contributed by atoms with van der Waals surface area (Å²) < 4.78 is 11.7. The van der Waals surface area contributed by atoms with Gasteiger partial charge in [-0.25, -0.2) is 9.98 Å². The average molecular weight is 751 g/mol. The van der Waals surface area contributed by atoms with Crippen LogP contribution in [0.4, 0.5) is 0 Å². The van der Waals surface area contributed by atoms with E-state index in [0.717, 1.165) is 74.4 Å². The first-order chi connectivity index (χ1) is 28.2. The van der Waals surface area contributed by atoms with E-state index in [1.165, 1.54) is 47.9 Å². The predicted molar refractivity (Wildman–Crippen MR) is 238 cm³/mol. The number of benzene rings is 7. The van der Waals surface area contributed by atoms with Crippen molar-refractivity contribution in [1.82, 2.24) is 9.88 Å². The van der Waals surface area contributed by atoms with Gasteiger partial charge >= 0.3 is 0 Å². The molecule has 0 spiro atoms. The minimum absolute atomic E-state index is 0.249. The molecule has 1 aliphatic heterocycles. The van der Waals surface area contributed by atoms with E-state index in [1.807, 2.05) is 35.6 Å². The zero-order valence-corrected chi connectivity index (χ0v) is 31.6. The lowest BCUT2D eigenvalue weighted by molar-refractivity contribution is 0.669. The first-order valence-electron chi connectivity index (χ1n) is 19.5. The van der Waals surface area contributed by atoms with Crippen LogP contribution in [0, 0.1) is 0 Å². The van der Waals surface area contributed by atoms with Gasteiger partial charge in [-0.2, -0.15) is 0 Å². The monoisotopic (exact) mass is 750 g/mol. The summed E-state index contributed by atoms with van der Waals surface area (Å²) in [7, 11) is 0. The summed E-state index contributed by atoms with van der Waals surface area (Å²) in [5.41, 5.74) is 12.2. The molecule has 270 valence electrons. The van der Waals surface area contributed by atoms with Gasteiger partial charge in [0.25, 0.3) is 0 Å². The van der Waals surface area contributed by atoms with E-state index < -0.39 is 0 Å². The molecule has 4 heterocycles. The van der Waals surface area contributed by atoms with Crippen molar-refractivity contribution in [3.63, 3.8) is 0 Å². The van der Waals surface area contributed by atoms with Crippen molar-refractivity contribution in [2.24, 2.45) is 9.98 Å². The molecule has 57 heavy (non-hydrogen) atoms. The Balaban J connectivity index is 0.969. The summed E-state index contributed by atoms with van der Waals surface area (Å²) in [6, 6.07) is 55.9. The second-order valence-corrected chi connectivity index (χ2v) is 15.9. The topological polar surface area (TPSA) is 54.8 Å². The highest BCUT2D eigenvalue weighted by Crippen LogP contribution is 2.44. The molecular formula is C51H34N4OS. The number of nitrogens with one attached hydrogen (secondary N) is 1. The Bertz CT molecular complexity index is 3330. The van der Waals surface area contributed by atoms with Crippen molar-refractivity contribution in [3.8, 4) is 16.8 Å². The highest BCUT2D eigenvalue weighted by Gasteiger charge is 2.23. The molecule has 12 rings (SSSR count).